The molecule has 12 nitrogen and oxygen atoms in total. The van der Waals surface area contributed by atoms with Crippen molar-refractivity contribution in [1.29, 1.82) is 0 Å². The first-order chi connectivity index (χ1) is 25.5. The third kappa shape index (κ3) is 6.98. The molecule has 3 N–H and O–H groups in total. The molecule has 7 heterocycles. The minimum absolute atomic E-state index is 0.217. The number of rotatable bonds is 4. The van der Waals surface area contributed by atoms with Gasteiger partial charge in [0, 0.05) is 80.1 Å². The molecule has 0 aliphatic carbocycles. The van der Waals surface area contributed by atoms with Gasteiger partial charge in [0.2, 0.25) is 0 Å². The summed E-state index contributed by atoms with van der Waals surface area (Å²) in [6, 6.07) is 5.55. The fourth-order valence-electron chi connectivity index (χ4n) is 8.47. The highest BCUT2D eigenvalue weighted by Crippen LogP contribution is 2.45. The van der Waals surface area contributed by atoms with Gasteiger partial charge in [0.1, 0.15) is 6.04 Å². The van der Waals surface area contributed by atoms with Crippen LogP contribution in [-0.4, -0.2) is 102 Å². The summed E-state index contributed by atoms with van der Waals surface area (Å²) in [6.45, 7) is 11.9. The number of hydrazine groups is 1. The van der Waals surface area contributed by atoms with Gasteiger partial charge >= 0.3 is 5.97 Å². The lowest BCUT2D eigenvalue weighted by Crippen LogP contribution is -2.59. The van der Waals surface area contributed by atoms with Crippen LogP contribution in [0.1, 0.15) is 68.0 Å². The van der Waals surface area contributed by atoms with Gasteiger partial charge in [0.05, 0.1) is 58.2 Å². The lowest BCUT2D eigenvalue weighted by molar-refractivity contribution is -0.154. The van der Waals surface area contributed by atoms with Gasteiger partial charge in [-0.1, -0.05) is 13.8 Å². The number of benzene rings is 1. The van der Waals surface area contributed by atoms with Gasteiger partial charge in [-0.05, 0) is 75.4 Å². The second-order valence-electron chi connectivity index (χ2n) is 16.1. The zero-order chi connectivity index (χ0) is 37.0. The summed E-state index contributed by atoms with van der Waals surface area (Å²) in [6.07, 6.45) is 6.04. The summed E-state index contributed by atoms with van der Waals surface area (Å²) in [5.74, 6) is -0.585. The van der Waals surface area contributed by atoms with Gasteiger partial charge in [-0.2, -0.15) is 0 Å². The van der Waals surface area contributed by atoms with Crippen LogP contribution in [0.5, 0.6) is 0 Å². The Hall–Kier alpha value is -3.88. The molecule has 4 aliphatic rings. The molecule has 0 radical (unpaired) electrons. The summed E-state index contributed by atoms with van der Waals surface area (Å²) in [7, 11) is 3.92. The Bertz CT molecular complexity index is 2030. The molecule has 1 amide bonds. The maximum absolute atomic E-state index is 13.6. The third-order valence-electron chi connectivity index (χ3n) is 11.5. The number of fused-ring (bicyclic) bond motifs is 6. The van der Waals surface area contributed by atoms with E-state index in [1.165, 1.54) is 44.1 Å². The minimum Gasteiger partial charge on any atom is -0.464 e. The Morgan fingerprint density at radius 1 is 1.09 bits per heavy atom. The predicted octanol–water partition coefficient (Wildman–Crippen LogP) is 4.72. The molecule has 0 unspecified atom stereocenters. The van der Waals surface area contributed by atoms with Crippen LogP contribution in [-0.2, 0) is 44.9 Å². The van der Waals surface area contributed by atoms with Crippen LogP contribution in [0.2, 0.25) is 0 Å². The Morgan fingerprint density at radius 2 is 1.91 bits per heavy atom. The molecule has 2 saturated heterocycles. The number of nitrogens with zero attached hydrogens (tertiary/aromatic N) is 6. The smallest absolute Gasteiger partial charge is 0.324 e. The van der Waals surface area contributed by atoms with E-state index in [1.807, 2.05) is 6.20 Å². The van der Waals surface area contributed by atoms with Gasteiger partial charge in [0.15, 0.2) is 0 Å². The number of nitrogens with two attached hydrogens (primary N) is 1. The average Bonchev–Trinajstić information content (AvgIpc) is 3.75. The van der Waals surface area contributed by atoms with Crippen LogP contribution in [0.15, 0.2) is 29.8 Å². The van der Waals surface area contributed by atoms with E-state index in [2.05, 4.69) is 71.2 Å². The number of aromatic nitrogens is 3. The van der Waals surface area contributed by atoms with Crippen molar-refractivity contribution in [2.24, 2.45) is 11.1 Å². The fourth-order valence-corrected chi connectivity index (χ4v) is 9.34. The Morgan fingerprint density at radius 3 is 2.70 bits per heavy atom. The van der Waals surface area contributed by atoms with Crippen LogP contribution in [0.4, 0.5) is 5.69 Å². The van der Waals surface area contributed by atoms with E-state index < -0.39 is 17.5 Å². The number of aryl methyl sites for hydroxylation is 2. The zero-order valence-electron chi connectivity index (χ0n) is 31.6. The topological polar surface area (TPSA) is 131 Å². The quantitative estimate of drug-likeness (QED) is 0.284. The van der Waals surface area contributed by atoms with Gasteiger partial charge < -0.3 is 29.6 Å². The lowest BCUT2D eigenvalue weighted by Gasteiger charge is -2.35. The number of carbonyl (C=O) groups excluding carboxylic acids is 2. The Kier molecular flexibility index (Phi) is 9.82. The van der Waals surface area contributed by atoms with E-state index >= 15 is 0 Å². The lowest BCUT2D eigenvalue weighted by atomic mass is 9.84. The molecule has 3 atom stereocenters. The number of esters is 1. The summed E-state index contributed by atoms with van der Waals surface area (Å²) >= 11 is 1.54. The number of methoxy groups -OCH3 is 1. The first kappa shape index (κ1) is 36.1. The molecule has 282 valence electrons. The number of carbonyl (C=O) groups is 2. The number of thiazole rings is 1. The number of likely N-dealkylation sites (N-methyl/N-ethyl adjacent to an activating group) is 1. The number of ether oxygens (including phenoxy) is 2. The zero-order valence-corrected chi connectivity index (χ0v) is 32.4. The van der Waals surface area contributed by atoms with Crippen molar-refractivity contribution < 1.29 is 19.1 Å². The molecule has 13 heteroatoms. The largest absolute Gasteiger partial charge is 0.464 e. The molecule has 0 spiro atoms. The first-order valence-electron chi connectivity index (χ1n) is 19.1. The second-order valence-corrected chi connectivity index (χ2v) is 17.1. The number of pyridine rings is 1. The van der Waals surface area contributed by atoms with Gasteiger partial charge in [0.25, 0.3) is 5.91 Å². The highest BCUT2D eigenvalue weighted by molar-refractivity contribution is 7.10. The number of piperazine rings is 1. The average molecular weight is 741 g/mol. The fraction of sp³-hybridized carbons (Fsp3) is 0.550. The second kappa shape index (κ2) is 14.4. The number of amides is 1. The molecule has 4 aliphatic heterocycles. The molecule has 53 heavy (non-hydrogen) atoms. The van der Waals surface area contributed by atoms with Crippen LogP contribution >= 0.6 is 11.3 Å². The van der Waals surface area contributed by atoms with Crippen molar-refractivity contribution >= 4 is 39.8 Å². The number of nitrogens with one attached hydrogen (secondary N) is 1. The van der Waals surface area contributed by atoms with Crippen molar-refractivity contribution in [3.8, 4) is 22.5 Å². The number of cyclic esters (lactones) is 1. The SMILES string of the molecule is CO[C@@H](C)c1ncc(N2CCN(C)CC2)cc1-c1c2c3cc(cc4c3n1CCC4)-c1csc(n1)C[C@H](N)C(=O)N1CCC[C@H](N1)C(=O)OCC(C)(C)C2. The highest BCUT2D eigenvalue weighted by atomic mass is 32.1. The minimum atomic E-state index is -0.778. The van der Waals surface area contributed by atoms with Crippen LogP contribution in [0.3, 0.4) is 0 Å². The van der Waals surface area contributed by atoms with Crippen LogP contribution in [0.25, 0.3) is 33.4 Å². The van der Waals surface area contributed by atoms with Gasteiger partial charge in [-0.25, -0.2) is 10.4 Å². The van der Waals surface area contributed by atoms with E-state index in [0.29, 0.717) is 32.2 Å². The van der Waals surface area contributed by atoms with E-state index in [0.717, 1.165) is 78.8 Å². The first-order valence-corrected chi connectivity index (χ1v) is 20.0. The van der Waals surface area contributed by atoms with Gasteiger partial charge in [-0.3, -0.25) is 19.6 Å². The number of hydrogen-bond acceptors (Lipinski definition) is 11. The third-order valence-corrected chi connectivity index (χ3v) is 12.4. The standard InChI is InChI=1S/C40H52N8O4S/c1-24(51-5)35-29(18-27(21-42-35)46-14-12-45(4)13-15-46)37-30-20-40(2,3)23-52-39(50)32-9-7-11-48(44-32)38(49)31(41)19-34-43-33(22-53-34)26-16-25-8-6-10-47(37)36(25)28(30)17-26/h16-18,21-22,24,31-32,44H,6-15,19-20,23,41H2,1-5H3/t24-,31-,32-/m0/s1. The molecule has 3 aromatic heterocycles. The summed E-state index contributed by atoms with van der Waals surface area (Å²) in [5, 5.41) is 5.60. The molecular weight excluding hydrogens is 689 g/mol. The van der Waals surface area contributed by atoms with Crippen LogP contribution in [0, 0.1) is 5.41 Å². The predicted molar refractivity (Wildman–Crippen MR) is 208 cm³/mol. The number of hydrogen-bond donors (Lipinski definition) is 2. The van der Waals surface area contributed by atoms with Crippen molar-refractivity contribution in [1.82, 2.24) is 29.9 Å². The van der Waals surface area contributed by atoms with Crippen molar-refractivity contribution in [2.75, 3.05) is 58.4 Å². The molecule has 4 aromatic rings. The van der Waals surface area contributed by atoms with Crippen molar-refractivity contribution in [3.63, 3.8) is 0 Å². The molecule has 8 rings (SSSR count). The monoisotopic (exact) mass is 740 g/mol. The van der Waals surface area contributed by atoms with Crippen molar-refractivity contribution in [3.05, 3.63) is 51.6 Å². The highest BCUT2D eigenvalue weighted by Gasteiger charge is 2.35. The maximum Gasteiger partial charge on any atom is 0.324 e. The van der Waals surface area contributed by atoms with Crippen molar-refractivity contribution in [2.45, 2.75) is 84.0 Å². The Balaban J connectivity index is 1.32. The maximum atomic E-state index is 13.6. The summed E-state index contributed by atoms with van der Waals surface area (Å²) in [5.41, 5.74) is 19.2. The molecular formula is C40H52N8O4S. The van der Waals surface area contributed by atoms with Crippen LogP contribution < -0.4 is 16.1 Å². The van der Waals surface area contributed by atoms with E-state index in [4.69, 9.17) is 25.2 Å². The Labute approximate surface area is 315 Å². The molecule has 2 fully saturated rings. The van der Waals surface area contributed by atoms with E-state index in [9.17, 15) is 9.59 Å². The normalized spacial score (nSPS) is 23.2. The molecule has 0 saturated carbocycles. The van der Waals surface area contributed by atoms with E-state index in [-0.39, 0.29) is 24.6 Å². The number of anilines is 1. The van der Waals surface area contributed by atoms with Gasteiger partial charge in [-0.15, -0.1) is 11.3 Å². The molecule has 1 aromatic carbocycles. The summed E-state index contributed by atoms with van der Waals surface area (Å²) in [4.78, 5) is 42.0. The molecule has 6 bridgehead atoms. The van der Waals surface area contributed by atoms with E-state index in [1.54, 1.807) is 7.11 Å². The summed E-state index contributed by atoms with van der Waals surface area (Å²) < 4.78 is 14.6.